The Morgan fingerprint density at radius 3 is 3.11 bits per heavy atom. The summed E-state index contributed by atoms with van der Waals surface area (Å²) in [6.45, 7) is 1.88. The summed E-state index contributed by atoms with van der Waals surface area (Å²) < 4.78 is 0. The van der Waals surface area contributed by atoms with E-state index in [-0.39, 0.29) is 0 Å². The quantitative estimate of drug-likeness (QED) is 0.762. The van der Waals surface area contributed by atoms with Gasteiger partial charge in [-0.2, -0.15) is 0 Å². The number of terminal acetylenes is 1. The molecule has 0 bridgehead atoms. The largest absolute Gasteiger partial charge is 0.508 e. The van der Waals surface area contributed by atoms with Crippen LogP contribution in [-0.2, 0) is 12.8 Å². The second kappa shape index (κ2) is 4.66. The first-order valence-electron chi connectivity index (χ1n) is 6.77. The Bertz CT molecular complexity index is 488. The summed E-state index contributed by atoms with van der Waals surface area (Å²) in [7, 11) is 0. The van der Waals surface area contributed by atoms with Crippen molar-refractivity contribution in [3.63, 3.8) is 0 Å². The van der Waals surface area contributed by atoms with Gasteiger partial charge in [0.1, 0.15) is 5.75 Å². The molecule has 94 valence electrons. The first-order valence-corrected chi connectivity index (χ1v) is 6.77. The third-order valence-electron chi connectivity index (χ3n) is 4.47. The third-order valence-corrected chi connectivity index (χ3v) is 4.47. The molecule has 18 heavy (non-hydrogen) atoms. The Labute approximate surface area is 109 Å². The number of hydrogen-bond donors (Lipinski definition) is 1. The standard InChI is InChI=1S/C16H19NO/c1-2-8-17-9-4-6-13-10-14-12(11-15(13)17)5-3-7-16(14)18/h1,3,5,7,13,15,18H,4,6,8-11H2/t13-,15-/m0/s1. The summed E-state index contributed by atoms with van der Waals surface area (Å²) in [6.07, 6.45) is 10.0. The van der Waals surface area contributed by atoms with Crippen LogP contribution in [-0.4, -0.2) is 29.1 Å². The van der Waals surface area contributed by atoms with E-state index < -0.39 is 0 Å². The van der Waals surface area contributed by atoms with Gasteiger partial charge in [0, 0.05) is 6.04 Å². The summed E-state index contributed by atoms with van der Waals surface area (Å²) in [6, 6.07) is 6.47. The minimum atomic E-state index is 0.472. The highest BCUT2D eigenvalue weighted by molar-refractivity contribution is 5.42. The number of rotatable bonds is 1. The van der Waals surface area contributed by atoms with Crippen molar-refractivity contribution in [2.45, 2.75) is 31.7 Å². The fraction of sp³-hybridized carbons (Fsp3) is 0.500. The zero-order valence-electron chi connectivity index (χ0n) is 10.6. The van der Waals surface area contributed by atoms with Gasteiger partial charge in [-0.25, -0.2) is 0 Å². The monoisotopic (exact) mass is 241 g/mol. The average Bonchev–Trinajstić information content (AvgIpc) is 2.38. The van der Waals surface area contributed by atoms with Gasteiger partial charge in [0.15, 0.2) is 0 Å². The predicted molar refractivity (Wildman–Crippen MR) is 72.4 cm³/mol. The highest BCUT2D eigenvalue weighted by atomic mass is 16.3. The van der Waals surface area contributed by atoms with E-state index in [1.807, 2.05) is 6.07 Å². The van der Waals surface area contributed by atoms with Gasteiger partial charge >= 0.3 is 0 Å². The summed E-state index contributed by atoms with van der Waals surface area (Å²) in [5.41, 5.74) is 2.47. The van der Waals surface area contributed by atoms with Crippen molar-refractivity contribution in [3.05, 3.63) is 29.3 Å². The highest BCUT2D eigenvalue weighted by Gasteiger charge is 2.35. The van der Waals surface area contributed by atoms with Crippen molar-refractivity contribution in [2.75, 3.05) is 13.1 Å². The molecule has 0 spiro atoms. The second-order valence-electron chi connectivity index (χ2n) is 5.47. The molecular formula is C16H19NO. The van der Waals surface area contributed by atoms with Gasteiger partial charge < -0.3 is 5.11 Å². The van der Waals surface area contributed by atoms with Crippen molar-refractivity contribution in [3.8, 4) is 18.1 Å². The molecule has 2 atom stereocenters. The van der Waals surface area contributed by atoms with E-state index >= 15 is 0 Å². The molecule has 0 aromatic heterocycles. The molecule has 1 aromatic carbocycles. The van der Waals surface area contributed by atoms with Crippen molar-refractivity contribution >= 4 is 0 Å². The van der Waals surface area contributed by atoms with Crippen LogP contribution in [0.3, 0.4) is 0 Å². The van der Waals surface area contributed by atoms with Gasteiger partial charge in [-0.1, -0.05) is 18.1 Å². The smallest absolute Gasteiger partial charge is 0.119 e. The minimum Gasteiger partial charge on any atom is -0.508 e. The van der Waals surface area contributed by atoms with E-state index in [2.05, 4.69) is 16.9 Å². The Hall–Kier alpha value is -1.46. The van der Waals surface area contributed by atoms with Crippen molar-refractivity contribution in [1.29, 1.82) is 0 Å². The summed E-state index contributed by atoms with van der Waals surface area (Å²) in [5, 5.41) is 9.97. The topological polar surface area (TPSA) is 23.5 Å². The lowest BCUT2D eigenvalue weighted by Gasteiger charge is -2.44. The Balaban J connectivity index is 1.90. The SMILES string of the molecule is C#CCN1CCC[C@H]2Cc3c(O)cccc3C[C@@H]21. The van der Waals surface area contributed by atoms with Crippen LogP contribution in [0.5, 0.6) is 5.75 Å². The van der Waals surface area contributed by atoms with Gasteiger partial charge in [-0.3, -0.25) is 4.90 Å². The molecular weight excluding hydrogens is 222 g/mol. The lowest BCUT2D eigenvalue weighted by atomic mass is 9.75. The number of benzene rings is 1. The predicted octanol–water partition coefficient (Wildman–Crippen LogP) is 2.20. The van der Waals surface area contributed by atoms with Crippen LogP contribution in [0.2, 0.25) is 0 Å². The molecule has 1 aliphatic heterocycles. The van der Waals surface area contributed by atoms with Gasteiger partial charge in [-0.05, 0) is 55.3 Å². The fourth-order valence-corrected chi connectivity index (χ4v) is 3.60. The Morgan fingerprint density at radius 1 is 1.39 bits per heavy atom. The van der Waals surface area contributed by atoms with E-state index in [0.29, 0.717) is 17.7 Å². The van der Waals surface area contributed by atoms with Crippen LogP contribution in [0, 0.1) is 18.3 Å². The fourth-order valence-electron chi connectivity index (χ4n) is 3.60. The molecule has 2 nitrogen and oxygen atoms in total. The first-order chi connectivity index (χ1) is 8.79. The number of nitrogens with zero attached hydrogens (tertiary/aromatic N) is 1. The lowest BCUT2D eigenvalue weighted by molar-refractivity contribution is 0.0986. The molecule has 0 saturated carbocycles. The number of phenols is 1. The summed E-state index contributed by atoms with van der Waals surface area (Å²) in [5.74, 6) is 3.91. The van der Waals surface area contributed by atoms with Crippen molar-refractivity contribution in [1.82, 2.24) is 4.90 Å². The van der Waals surface area contributed by atoms with Crippen molar-refractivity contribution < 1.29 is 5.11 Å². The molecule has 1 N–H and O–H groups in total. The number of phenolic OH excluding ortho intramolecular Hbond substituents is 1. The van der Waals surface area contributed by atoms with Crippen LogP contribution in [0.25, 0.3) is 0 Å². The Morgan fingerprint density at radius 2 is 2.28 bits per heavy atom. The van der Waals surface area contributed by atoms with Gasteiger partial charge in [0.2, 0.25) is 0 Å². The molecule has 1 saturated heterocycles. The molecule has 2 heteroatoms. The molecule has 0 unspecified atom stereocenters. The van der Waals surface area contributed by atoms with Crippen LogP contribution >= 0.6 is 0 Å². The zero-order valence-corrected chi connectivity index (χ0v) is 10.6. The van der Waals surface area contributed by atoms with Gasteiger partial charge in [0.05, 0.1) is 6.54 Å². The maximum Gasteiger partial charge on any atom is 0.119 e. The summed E-state index contributed by atoms with van der Waals surface area (Å²) in [4.78, 5) is 2.45. The third kappa shape index (κ3) is 1.89. The van der Waals surface area contributed by atoms with Crippen LogP contribution in [0.1, 0.15) is 24.0 Å². The minimum absolute atomic E-state index is 0.472. The molecule has 3 rings (SSSR count). The molecule has 1 aliphatic carbocycles. The maximum absolute atomic E-state index is 9.97. The van der Waals surface area contributed by atoms with E-state index in [1.54, 1.807) is 6.07 Å². The number of aromatic hydroxyl groups is 1. The van der Waals surface area contributed by atoms with E-state index in [1.165, 1.54) is 24.0 Å². The van der Waals surface area contributed by atoms with E-state index in [9.17, 15) is 5.11 Å². The number of piperidine rings is 1. The maximum atomic E-state index is 9.97. The summed E-state index contributed by atoms with van der Waals surface area (Å²) >= 11 is 0. The average molecular weight is 241 g/mol. The zero-order chi connectivity index (χ0) is 12.5. The number of hydrogen-bond acceptors (Lipinski definition) is 2. The van der Waals surface area contributed by atoms with Gasteiger partial charge in [0.25, 0.3) is 0 Å². The molecule has 1 aromatic rings. The molecule has 1 heterocycles. The van der Waals surface area contributed by atoms with Gasteiger partial charge in [-0.15, -0.1) is 6.42 Å². The molecule has 1 fully saturated rings. The first kappa shape index (κ1) is 11.6. The van der Waals surface area contributed by atoms with Crippen molar-refractivity contribution in [2.24, 2.45) is 5.92 Å². The number of likely N-dealkylation sites (tertiary alicyclic amines) is 1. The molecule has 0 radical (unpaired) electrons. The second-order valence-corrected chi connectivity index (χ2v) is 5.47. The number of fused-ring (bicyclic) bond motifs is 2. The van der Waals surface area contributed by atoms with Crippen LogP contribution < -0.4 is 0 Å². The lowest BCUT2D eigenvalue weighted by Crippen LogP contribution is -2.49. The Kier molecular flexibility index (Phi) is 3.01. The van der Waals surface area contributed by atoms with E-state index in [0.717, 1.165) is 25.9 Å². The molecule has 0 amide bonds. The highest BCUT2D eigenvalue weighted by Crippen LogP contribution is 2.37. The van der Waals surface area contributed by atoms with Crippen LogP contribution in [0.4, 0.5) is 0 Å². The molecule has 2 aliphatic rings. The van der Waals surface area contributed by atoms with E-state index in [4.69, 9.17) is 6.42 Å². The normalized spacial score (nSPS) is 27.1. The van der Waals surface area contributed by atoms with Crippen LogP contribution in [0.15, 0.2) is 18.2 Å².